The fraction of sp³-hybridized carbons (Fsp3) is 0.111. The molecule has 0 saturated heterocycles. The Morgan fingerprint density at radius 3 is 2.71 bits per heavy atom. The molecule has 0 spiro atoms. The van der Waals surface area contributed by atoms with Gasteiger partial charge >= 0.3 is 5.76 Å². The minimum Gasteiger partial charge on any atom is -0.408 e. The summed E-state index contributed by atoms with van der Waals surface area (Å²) in [7, 11) is 0. The summed E-state index contributed by atoms with van der Waals surface area (Å²) in [5.41, 5.74) is 2.15. The Morgan fingerprint density at radius 1 is 1.25 bits per heavy atom. The van der Waals surface area contributed by atoms with E-state index in [0.717, 1.165) is 5.56 Å². The fourth-order valence-corrected chi connectivity index (χ4v) is 2.39. The van der Waals surface area contributed by atoms with Crippen molar-refractivity contribution in [1.29, 1.82) is 0 Å². The zero-order valence-corrected chi connectivity index (χ0v) is 12.8. The number of oxazole rings is 1. The van der Waals surface area contributed by atoms with E-state index in [1.54, 1.807) is 36.4 Å². The average molecular weight is 326 g/mol. The number of carbonyl (C=O) groups is 1. The number of fused-ring (bicyclic) bond motifs is 1. The molecule has 0 saturated carbocycles. The maximum atomic E-state index is 12.9. The van der Waals surface area contributed by atoms with Gasteiger partial charge in [0, 0.05) is 18.7 Å². The van der Waals surface area contributed by atoms with Crippen molar-refractivity contribution in [1.82, 2.24) is 9.88 Å². The van der Waals surface area contributed by atoms with Gasteiger partial charge in [0.15, 0.2) is 5.58 Å². The van der Waals surface area contributed by atoms with Crippen LogP contribution in [0, 0.1) is 5.82 Å². The van der Waals surface area contributed by atoms with E-state index in [9.17, 15) is 14.0 Å². The minimum atomic E-state index is -0.492. The van der Waals surface area contributed by atoms with Crippen LogP contribution < -0.4 is 11.1 Å². The van der Waals surface area contributed by atoms with Gasteiger partial charge in [-0.1, -0.05) is 18.2 Å². The van der Waals surface area contributed by atoms with Gasteiger partial charge in [-0.25, -0.2) is 9.18 Å². The molecule has 122 valence electrons. The quantitative estimate of drug-likeness (QED) is 0.733. The number of hydrogen-bond donors (Lipinski definition) is 1. The molecule has 0 unspecified atom stereocenters. The van der Waals surface area contributed by atoms with Gasteiger partial charge in [0.2, 0.25) is 0 Å². The third kappa shape index (κ3) is 3.12. The largest absolute Gasteiger partial charge is 0.420 e. The Morgan fingerprint density at radius 2 is 2.00 bits per heavy atom. The molecule has 0 fully saturated rings. The third-order valence-electron chi connectivity index (χ3n) is 3.61. The van der Waals surface area contributed by atoms with Gasteiger partial charge in [-0.2, -0.15) is 0 Å². The van der Waals surface area contributed by atoms with Crippen molar-refractivity contribution in [3.05, 3.63) is 82.6 Å². The van der Waals surface area contributed by atoms with Crippen molar-refractivity contribution in [2.45, 2.75) is 13.1 Å². The highest BCUT2D eigenvalue weighted by Crippen LogP contribution is 2.15. The monoisotopic (exact) mass is 326 g/mol. The molecule has 1 amide bonds. The molecule has 1 heterocycles. The normalized spacial score (nSPS) is 10.7. The van der Waals surface area contributed by atoms with Crippen LogP contribution in [0.4, 0.5) is 4.39 Å². The van der Waals surface area contributed by atoms with Crippen LogP contribution in [-0.2, 0) is 13.1 Å². The van der Waals surface area contributed by atoms with Gasteiger partial charge in [-0.3, -0.25) is 9.36 Å². The first-order chi connectivity index (χ1) is 11.6. The highest BCUT2D eigenvalue weighted by molar-refractivity contribution is 5.97. The first-order valence-electron chi connectivity index (χ1n) is 7.35. The van der Waals surface area contributed by atoms with Crippen molar-refractivity contribution in [2.24, 2.45) is 0 Å². The maximum absolute atomic E-state index is 12.9. The summed E-state index contributed by atoms with van der Waals surface area (Å²) in [6, 6.07) is 10.7. The molecular formula is C18H15FN2O3. The predicted molar refractivity (Wildman–Crippen MR) is 88.2 cm³/mol. The molecule has 0 bridgehead atoms. The topological polar surface area (TPSA) is 64.2 Å². The van der Waals surface area contributed by atoms with Crippen LogP contribution in [0.2, 0.25) is 0 Å². The second kappa shape index (κ2) is 6.54. The zero-order chi connectivity index (χ0) is 17.1. The molecule has 0 aliphatic carbocycles. The molecule has 0 aliphatic rings. The van der Waals surface area contributed by atoms with E-state index in [1.807, 2.05) is 0 Å². The molecule has 6 heteroatoms. The molecule has 3 aromatic rings. The van der Waals surface area contributed by atoms with E-state index in [1.165, 1.54) is 16.7 Å². The summed E-state index contributed by atoms with van der Waals surface area (Å²) in [5.74, 6) is -1.11. The number of carbonyl (C=O) groups excluding carboxylic acids is 1. The van der Waals surface area contributed by atoms with E-state index in [4.69, 9.17) is 4.42 Å². The lowest BCUT2D eigenvalue weighted by Gasteiger charge is -2.06. The molecule has 1 aromatic heterocycles. The van der Waals surface area contributed by atoms with E-state index in [-0.39, 0.29) is 18.3 Å². The minimum absolute atomic E-state index is 0.280. The number of benzene rings is 2. The highest BCUT2D eigenvalue weighted by atomic mass is 19.1. The first kappa shape index (κ1) is 15.7. The van der Waals surface area contributed by atoms with Crippen molar-refractivity contribution in [3.63, 3.8) is 0 Å². The van der Waals surface area contributed by atoms with Crippen LogP contribution in [0.25, 0.3) is 11.1 Å². The molecular weight excluding hydrogens is 311 g/mol. The zero-order valence-electron chi connectivity index (χ0n) is 12.8. The van der Waals surface area contributed by atoms with Gasteiger partial charge in [0.05, 0.1) is 5.52 Å². The Labute approximate surface area is 137 Å². The Hall–Kier alpha value is -3.15. The van der Waals surface area contributed by atoms with E-state index >= 15 is 0 Å². The van der Waals surface area contributed by atoms with Crippen LogP contribution in [0.5, 0.6) is 0 Å². The molecule has 1 N–H and O–H groups in total. The van der Waals surface area contributed by atoms with E-state index < -0.39 is 5.76 Å². The number of rotatable bonds is 5. The number of nitrogens with zero attached hydrogens (tertiary/aromatic N) is 1. The standard InChI is InChI=1S/C18H15FN2O3/c1-2-9-21-15-10-13(5-8-16(15)24-18(21)23)17(22)20-11-12-3-6-14(19)7-4-12/h2-8,10H,1,9,11H2,(H,20,22). The summed E-state index contributed by atoms with van der Waals surface area (Å²) >= 11 is 0. The van der Waals surface area contributed by atoms with Gasteiger partial charge in [0.25, 0.3) is 5.91 Å². The van der Waals surface area contributed by atoms with Crippen LogP contribution >= 0.6 is 0 Å². The molecule has 2 aromatic carbocycles. The summed E-state index contributed by atoms with van der Waals surface area (Å²) in [6.45, 7) is 4.18. The van der Waals surface area contributed by atoms with Crippen LogP contribution in [0.15, 0.2) is 64.3 Å². The number of aromatic nitrogens is 1. The van der Waals surface area contributed by atoms with Crippen molar-refractivity contribution < 1.29 is 13.6 Å². The lowest BCUT2D eigenvalue weighted by Crippen LogP contribution is -2.22. The number of allylic oxidation sites excluding steroid dienone is 1. The summed E-state index contributed by atoms with van der Waals surface area (Å²) in [4.78, 5) is 24.0. The fourth-order valence-electron chi connectivity index (χ4n) is 2.39. The van der Waals surface area contributed by atoms with E-state index in [2.05, 4.69) is 11.9 Å². The van der Waals surface area contributed by atoms with Crippen LogP contribution in [-0.4, -0.2) is 10.5 Å². The Kier molecular flexibility index (Phi) is 4.29. The lowest BCUT2D eigenvalue weighted by atomic mass is 10.1. The molecule has 0 aliphatic heterocycles. The average Bonchev–Trinajstić information content (AvgIpc) is 2.89. The van der Waals surface area contributed by atoms with Crippen molar-refractivity contribution in [3.8, 4) is 0 Å². The molecule has 5 nitrogen and oxygen atoms in total. The first-order valence-corrected chi connectivity index (χ1v) is 7.35. The highest BCUT2D eigenvalue weighted by Gasteiger charge is 2.12. The maximum Gasteiger partial charge on any atom is 0.420 e. The molecule has 0 radical (unpaired) electrons. The smallest absolute Gasteiger partial charge is 0.408 e. The predicted octanol–water partition coefficient (Wildman–Crippen LogP) is 2.85. The van der Waals surface area contributed by atoms with Crippen molar-refractivity contribution >= 4 is 17.0 Å². The molecule has 24 heavy (non-hydrogen) atoms. The Balaban J connectivity index is 1.81. The number of amides is 1. The second-order valence-electron chi connectivity index (χ2n) is 5.26. The van der Waals surface area contributed by atoms with Gasteiger partial charge in [-0.05, 0) is 35.9 Å². The molecule has 0 atom stereocenters. The number of hydrogen-bond acceptors (Lipinski definition) is 3. The van der Waals surface area contributed by atoms with Gasteiger partial charge in [0.1, 0.15) is 5.82 Å². The lowest BCUT2D eigenvalue weighted by molar-refractivity contribution is 0.0951. The summed E-state index contributed by atoms with van der Waals surface area (Å²) in [6.07, 6.45) is 1.58. The number of halogens is 1. The van der Waals surface area contributed by atoms with Crippen molar-refractivity contribution in [2.75, 3.05) is 0 Å². The summed E-state index contributed by atoms with van der Waals surface area (Å²) in [5, 5.41) is 2.76. The third-order valence-corrected chi connectivity index (χ3v) is 3.61. The van der Waals surface area contributed by atoms with Crippen LogP contribution in [0.3, 0.4) is 0 Å². The second-order valence-corrected chi connectivity index (χ2v) is 5.26. The van der Waals surface area contributed by atoms with Crippen LogP contribution in [0.1, 0.15) is 15.9 Å². The van der Waals surface area contributed by atoms with E-state index in [0.29, 0.717) is 23.2 Å². The Bertz CT molecular complexity index is 955. The molecule has 3 rings (SSSR count). The SMILES string of the molecule is C=CCn1c(=O)oc2ccc(C(=O)NCc3ccc(F)cc3)cc21. The number of nitrogens with one attached hydrogen (secondary N) is 1. The van der Waals surface area contributed by atoms with Gasteiger partial charge in [-0.15, -0.1) is 6.58 Å². The summed E-state index contributed by atoms with van der Waals surface area (Å²) < 4.78 is 19.4. The van der Waals surface area contributed by atoms with Gasteiger partial charge < -0.3 is 9.73 Å².